The zero-order chi connectivity index (χ0) is 11.1. The number of carbonyl (C=O) groups is 2. The summed E-state index contributed by atoms with van der Waals surface area (Å²) in [6, 6.07) is 3.86. The van der Waals surface area contributed by atoms with Gasteiger partial charge in [-0.15, -0.1) is 23.1 Å². The largest absolute Gasteiger partial charge is 0.481 e. The van der Waals surface area contributed by atoms with Crippen LogP contribution in [0.4, 0.5) is 0 Å². The highest BCUT2D eigenvalue weighted by Gasteiger charge is 2.03. The normalized spacial score (nSPS) is 9.87. The van der Waals surface area contributed by atoms with Crippen molar-refractivity contribution in [1.82, 2.24) is 5.32 Å². The Bertz CT molecular complexity index is 324. The summed E-state index contributed by atoms with van der Waals surface area (Å²) < 4.78 is 0. The Labute approximate surface area is 95.7 Å². The summed E-state index contributed by atoms with van der Waals surface area (Å²) in [4.78, 5) is 22.5. The molecule has 0 atom stereocenters. The molecule has 0 aliphatic carbocycles. The highest BCUT2D eigenvalue weighted by molar-refractivity contribution is 8.00. The number of hydrogen-bond donors (Lipinski definition) is 2. The molecule has 0 bridgehead atoms. The maximum Gasteiger partial charge on any atom is 0.313 e. The molecule has 0 saturated heterocycles. The molecule has 1 amide bonds. The first kappa shape index (κ1) is 12.1. The van der Waals surface area contributed by atoms with Gasteiger partial charge in [0.05, 0.1) is 18.1 Å². The monoisotopic (exact) mass is 245 g/mol. The van der Waals surface area contributed by atoms with Crippen LogP contribution >= 0.6 is 23.1 Å². The molecule has 1 aromatic rings. The topological polar surface area (TPSA) is 66.4 Å². The molecule has 0 aliphatic rings. The van der Waals surface area contributed by atoms with E-state index in [-0.39, 0.29) is 17.4 Å². The summed E-state index contributed by atoms with van der Waals surface area (Å²) in [5.74, 6) is -0.870. The second-order valence-corrected chi connectivity index (χ2v) is 4.76. The Morgan fingerprint density at radius 1 is 1.47 bits per heavy atom. The van der Waals surface area contributed by atoms with Crippen molar-refractivity contribution < 1.29 is 14.7 Å². The third-order valence-corrected chi connectivity index (χ3v) is 3.29. The predicted octanol–water partition coefficient (Wildman–Crippen LogP) is 1.18. The maximum absolute atomic E-state index is 11.2. The van der Waals surface area contributed by atoms with Crippen molar-refractivity contribution >= 4 is 35.0 Å². The van der Waals surface area contributed by atoms with Crippen LogP contribution in [0.5, 0.6) is 0 Å². The molecule has 6 heteroatoms. The SMILES string of the molecule is O=C(O)CSCC(=O)NCc1cccs1. The molecular formula is C9H11NO3S2. The molecule has 1 heterocycles. The molecular weight excluding hydrogens is 234 g/mol. The highest BCUT2D eigenvalue weighted by atomic mass is 32.2. The summed E-state index contributed by atoms with van der Waals surface area (Å²) in [5, 5.41) is 13.0. The van der Waals surface area contributed by atoms with Crippen molar-refractivity contribution in [2.75, 3.05) is 11.5 Å². The van der Waals surface area contributed by atoms with Gasteiger partial charge in [0.2, 0.25) is 5.91 Å². The summed E-state index contributed by atoms with van der Waals surface area (Å²) >= 11 is 2.68. The number of nitrogens with one attached hydrogen (secondary N) is 1. The Morgan fingerprint density at radius 2 is 2.27 bits per heavy atom. The van der Waals surface area contributed by atoms with Crippen molar-refractivity contribution in [2.24, 2.45) is 0 Å². The van der Waals surface area contributed by atoms with Crippen molar-refractivity contribution in [2.45, 2.75) is 6.54 Å². The van der Waals surface area contributed by atoms with Crippen molar-refractivity contribution in [1.29, 1.82) is 0 Å². The fourth-order valence-corrected chi connectivity index (χ4v) is 2.09. The minimum absolute atomic E-state index is 0.0353. The number of carboxylic acids is 1. The van der Waals surface area contributed by atoms with E-state index >= 15 is 0 Å². The van der Waals surface area contributed by atoms with E-state index < -0.39 is 5.97 Å². The Hall–Kier alpha value is -1.01. The molecule has 0 fully saturated rings. The predicted molar refractivity (Wildman–Crippen MR) is 61.1 cm³/mol. The van der Waals surface area contributed by atoms with Gasteiger partial charge in [0, 0.05) is 4.88 Å². The van der Waals surface area contributed by atoms with Crippen LogP contribution in [-0.2, 0) is 16.1 Å². The number of amides is 1. The molecule has 1 aromatic heterocycles. The molecule has 0 radical (unpaired) electrons. The lowest BCUT2D eigenvalue weighted by Crippen LogP contribution is -2.24. The molecule has 82 valence electrons. The molecule has 2 N–H and O–H groups in total. The van der Waals surface area contributed by atoms with Crippen LogP contribution in [0.1, 0.15) is 4.88 Å². The number of carboxylic acid groups (broad SMARTS) is 1. The van der Waals surface area contributed by atoms with Gasteiger partial charge in [0.25, 0.3) is 0 Å². The molecule has 15 heavy (non-hydrogen) atoms. The second kappa shape index (κ2) is 6.47. The molecule has 4 nitrogen and oxygen atoms in total. The van der Waals surface area contributed by atoms with Gasteiger partial charge >= 0.3 is 5.97 Å². The van der Waals surface area contributed by atoms with E-state index in [9.17, 15) is 9.59 Å². The minimum Gasteiger partial charge on any atom is -0.481 e. The van der Waals surface area contributed by atoms with E-state index in [0.717, 1.165) is 16.6 Å². The number of rotatable bonds is 6. The molecule has 0 saturated carbocycles. The van der Waals surface area contributed by atoms with Crippen LogP contribution in [0, 0.1) is 0 Å². The summed E-state index contributed by atoms with van der Waals surface area (Å²) in [7, 11) is 0. The Kier molecular flexibility index (Phi) is 5.20. The smallest absolute Gasteiger partial charge is 0.313 e. The molecule has 0 unspecified atom stereocenters. The van der Waals surface area contributed by atoms with Crippen LogP contribution in [-0.4, -0.2) is 28.5 Å². The first-order valence-electron chi connectivity index (χ1n) is 4.27. The number of thioether (sulfide) groups is 1. The highest BCUT2D eigenvalue weighted by Crippen LogP contribution is 2.07. The van der Waals surface area contributed by atoms with Crippen LogP contribution in [0.25, 0.3) is 0 Å². The zero-order valence-corrected chi connectivity index (χ0v) is 9.57. The van der Waals surface area contributed by atoms with Crippen molar-refractivity contribution in [3.63, 3.8) is 0 Å². The lowest BCUT2D eigenvalue weighted by atomic mass is 10.4. The summed E-state index contributed by atoms with van der Waals surface area (Å²) in [6.45, 7) is 0.518. The number of hydrogen-bond acceptors (Lipinski definition) is 4. The van der Waals surface area contributed by atoms with E-state index in [2.05, 4.69) is 5.32 Å². The number of aliphatic carboxylic acids is 1. The molecule has 1 rings (SSSR count). The molecule has 0 aliphatic heterocycles. The first-order chi connectivity index (χ1) is 7.18. The van der Waals surface area contributed by atoms with Crippen LogP contribution < -0.4 is 5.32 Å². The number of thiophene rings is 1. The third-order valence-electron chi connectivity index (χ3n) is 1.50. The van der Waals surface area contributed by atoms with E-state index in [4.69, 9.17) is 5.11 Å². The Morgan fingerprint density at radius 3 is 2.87 bits per heavy atom. The lowest BCUT2D eigenvalue weighted by Gasteiger charge is -2.01. The average Bonchev–Trinajstić information content (AvgIpc) is 2.66. The van der Waals surface area contributed by atoms with Gasteiger partial charge in [-0.3, -0.25) is 9.59 Å². The Balaban J connectivity index is 2.11. The zero-order valence-electron chi connectivity index (χ0n) is 7.93. The maximum atomic E-state index is 11.2. The van der Waals surface area contributed by atoms with Gasteiger partial charge < -0.3 is 10.4 Å². The van der Waals surface area contributed by atoms with Gasteiger partial charge in [0.1, 0.15) is 0 Å². The number of carbonyl (C=O) groups excluding carboxylic acids is 1. The second-order valence-electron chi connectivity index (χ2n) is 2.74. The van der Waals surface area contributed by atoms with Gasteiger partial charge in [-0.05, 0) is 11.4 Å². The standard InChI is InChI=1S/C9H11NO3S2/c11-8(5-14-6-9(12)13)10-4-7-2-1-3-15-7/h1-3H,4-6H2,(H,10,11)(H,12,13). The van der Waals surface area contributed by atoms with E-state index in [1.165, 1.54) is 0 Å². The first-order valence-corrected chi connectivity index (χ1v) is 6.30. The van der Waals surface area contributed by atoms with E-state index in [1.54, 1.807) is 11.3 Å². The van der Waals surface area contributed by atoms with Gasteiger partial charge in [-0.25, -0.2) is 0 Å². The van der Waals surface area contributed by atoms with Crippen LogP contribution in [0.15, 0.2) is 17.5 Å². The van der Waals surface area contributed by atoms with Gasteiger partial charge in [-0.1, -0.05) is 6.07 Å². The average molecular weight is 245 g/mol. The molecule has 0 aromatic carbocycles. The van der Waals surface area contributed by atoms with Gasteiger partial charge in [0.15, 0.2) is 0 Å². The summed E-state index contributed by atoms with van der Waals surface area (Å²) in [6.07, 6.45) is 0. The van der Waals surface area contributed by atoms with Crippen molar-refractivity contribution in [3.8, 4) is 0 Å². The van der Waals surface area contributed by atoms with Crippen LogP contribution in [0.2, 0.25) is 0 Å². The fourth-order valence-electron chi connectivity index (χ4n) is 0.881. The van der Waals surface area contributed by atoms with E-state index in [1.807, 2.05) is 17.5 Å². The minimum atomic E-state index is -0.897. The summed E-state index contributed by atoms with van der Waals surface area (Å²) in [5.41, 5.74) is 0. The van der Waals surface area contributed by atoms with Crippen molar-refractivity contribution in [3.05, 3.63) is 22.4 Å². The van der Waals surface area contributed by atoms with Gasteiger partial charge in [-0.2, -0.15) is 0 Å². The lowest BCUT2D eigenvalue weighted by molar-refractivity contribution is -0.133. The quantitative estimate of drug-likeness (QED) is 0.790. The van der Waals surface area contributed by atoms with E-state index in [0.29, 0.717) is 6.54 Å². The molecule has 0 spiro atoms. The third kappa shape index (κ3) is 5.44. The van der Waals surface area contributed by atoms with Crippen LogP contribution in [0.3, 0.4) is 0 Å². The fraction of sp³-hybridized carbons (Fsp3) is 0.333.